The summed E-state index contributed by atoms with van der Waals surface area (Å²) in [4.78, 5) is 22.9. The predicted octanol–water partition coefficient (Wildman–Crippen LogP) is 1.69. The van der Waals surface area contributed by atoms with E-state index in [1.807, 2.05) is 18.9 Å². The van der Waals surface area contributed by atoms with Crippen molar-refractivity contribution in [2.75, 3.05) is 25.5 Å². The fourth-order valence-corrected chi connectivity index (χ4v) is 3.46. The topological polar surface area (TPSA) is 85.2 Å². The number of aryl methyl sites for hydroxylation is 2. The summed E-state index contributed by atoms with van der Waals surface area (Å²) < 4.78 is 7.25. The summed E-state index contributed by atoms with van der Waals surface area (Å²) in [5.74, 6) is 1.40. The molecule has 134 valence electrons. The van der Waals surface area contributed by atoms with Gasteiger partial charge in [0.25, 0.3) is 0 Å². The second-order valence-electron chi connectivity index (χ2n) is 6.13. The van der Waals surface area contributed by atoms with Gasteiger partial charge in [-0.05, 0) is 25.8 Å². The van der Waals surface area contributed by atoms with Gasteiger partial charge in [-0.1, -0.05) is 0 Å². The number of likely N-dealkylation sites (tertiary alicyclic amines) is 1. The van der Waals surface area contributed by atoms with E-state index in [4.69, 9.17) is 4.74 Å². The molecule has 1 N–H and O–H groups in total. The Labute approximate surface area is 147 Å². The van der Waals surface area contributed by atoms with Crippen LogP contribution in [0.4, 0.5) is 5.95 Å². The third kappa shape index (κ3) is 3.57. The highest BCUT2D eigenvalue weighted by Crippen LogP contribution is 2.38. The summed E-state index contributed by atoms with van der Waals surface area (Å²) >= 11 is 0. The van der Waals surface area contributed by atoms with Crippen molar-refractivity contribution in [3.8, 4) is 5.88 Å². The molecule has 1 aliphatic heterocycles. The lowest BCUT2D eigenvalue weighted by Crippen LogP contribution is -2.32. The van der Waals surface area contributed by atoms with Crippen molar-refractivity contribution in [1.82, 2.24) is 24.6 Å². The molecule has 0 aliphatic carbocycles. The highest BCUT2D eigenvalue weighted by molar-refractivity contribution is 5.77. The number of anilines is 1. The van der Waals surface area contributed by atoms with Crippen LogP contribution in [0.25, 0.3) is 0 Å². The second-order valence-corrected chi connectivity index (χ2v) is 6.13. The third-order valence-electron chi connectivity index (χ3n) is 4.50. The van der Waals surface area contributed by atoms with E-state index in [2.05, 4.69) is 20.4 Å². The van der Waals surface area contributed by atoms with E-state index in [-0.39, 0.29) is 11.9 Å². The van der Waals surface area contributed by atoms with Gasteiger partial charge >= 0.3 is 0 Å². The van der Waals surface area contributed by atoms with Crippen molar-refractivity contribution < 1.29 is 9.53 Å². The second kappa shape index (κ2) is 7.50. The minimum Gasteiger partial charge on any atom is -0.481 e. The summed E-state index contributed by atoms with van der Waals surface area (Å²) in [5, 5.41) is 7.53. The van der Waals surface area contributed by atoms with Crippen LogP contribution in [-0.4, -0.2) is 50.8 Å². The van der Waals surface area contributed by atoms with Gasteiger partial charge in [-0.3, -0.25) is 4.79 Å². The maximum Gasteiger partial charge on any atom is 0.224 e. The first kappa shape index (κ1) is 17.2. The van der Waals surface area contributed by atoms with Gasteiger partial charge in [-0.2, -0.15) is 5.10 Å². The maximum absolute atomic E-state index is 12.7. The number of nitrogens with one attached hydrogen (secondary N) is 1. The summed E-state index contributed by atoms with van der Waals surface area (Å²) in [7, 11) is 3.51. The molecule has 3 heterocycles. The highest BCUT2D eigenvalue weighted by Gasteiger charge is 2.34. The van der Waals surface area contributed by atoms with Crippen molar-refractivity contribution in [3.05, 3.63) is 29.7 Å². The molecule has 0 unspecified atom stereocenters. The third-order valence-corrected chi connectivity index (χ3v) is 4.50. The van der Waals surface area contributed by atoms with E-state index < -0.39 is 0 Å². The van der Waals surface area contributed by atoms with Crippen LogP contribution in [0.15, 0.2) is 18.5 Å². The summed E-state index contributed by atoms with van der Waals surface area (Å²) in [5.41, 5.74) is 1.94. The largest absolute Gasteiger partial charge is 0.481 e. The van der Waals surface area contributed by atoms with Crippen LogP contribution in [-0.2, 0) is 11.8 Å². The molecular formula is C17H24N6O2. The number of amides is 1. The monoisotopic (exact) mass is 344 g/mol. The Kier molecular flexibility index (Phi) is 5.16. The van der Waals surface area contributed by atoms with Crippen LogP contribution >= 0.6 is 0 Å². The Morgan fingerprint density at radius 1 is 1.40 bits per heavy atom. The summed E-state index contributed by atoms with van der Waals surface area (Å²) in [6.45, 7) is 3.24. The van der Waals surface area contributed by atoms with Crippen molar-refractivity contribution in [1.29, 1.82) is 0 Å². The van der Waals surface area contributed by atoms with E-state index in [0.29, 0.717) is 18.9 Å². The number of nitrogens with zero attached hydrogens (tertiary/aromatic N) is 5. The number of ether oxygens (including phenoxy) is 1. The summed E-state index contributed by atoms with van der Waals surface area (Å²) in [6.07, 6.45) is 5.67. The molecule has 0 saturated carbocycles. The molecule has 2 aromatic heterocycles. The first-order valence-corrected chi connectivity index (χ1v) is 8.49. The van der Waals surface area contributed by atoms with Gasteiger partial charge in [0.1, 0.15) is 0 Å². The van der Waals surface area contributed by atoms with Crippen LogP contribution in [0.2, 0.25) is 0 Å². The van der Waals surface area contributed by atoms with Crippen LogP contribution in [0, 0.1) is 6.92 Å². The maximum atomic E-state index is 12.7. The Morgan fingerprint density at radius 3 is 2.88 bits per heavy atom. The number of hydrogen-bond acceptors (Lipinski definition) is 6. The molecular weight excluding hydrogens is 320 g/mol. The lowest BCUT2D eigenvalue weighted by molar-refractivity contribution is -0.131. The Balaban J connectivity index is 1.66. The number of methoxy groups -OCH3 is 1. The van der Waals surface area contributed by atoms with Crippen molar-refractivity contribution >= 4 is 11.9 Å². The van der Waals surface area contributed by atoms with Gasteiger partial charge in [0, 0.05) is 39.0 Å². The molecule has 0 radical (unpaired) electrons. The normalized spacial score (nSPS) is 16.9. The zero-order valence-corrected chi connectivity index (χ0v) is 14.9. The smallest absolute Gasteiger partial charge is 0.224 e. The fourth-order valence-electron chi connectivity index (χ4n) is 3.46. The van der Waals surface area contributed by atoms with Crippen molar-refractivity contribution in [3.63, 3.8) is 0 Å². The molecule has 8 nitrogen and oxygen atoms in total. The summed E-state index contributed by atoms with van der Waals surface area (Å²) in [6, 6.07) is 1.79. The van der Waals surface area contributed by atoms with E-state index in [1.165, 1.54) is 0 Å². The van der Waals surface area contributed by atoms with Gasteiger partial charge in [-0.15, -0.1) is 0 Å². The number of carbonyl (C=O) groups excluding carboxylic acids is 1. The van der Waals surface area contributed by atoms with Gasteiger partial charge in [0.15, 0.2) is 0 Å². The average molecular weight is 344 g/mol. The minimum absolute atomic E-state index is 0.0316. The fraction of sp³-hybridized carbons (Fsp3) is 0.529. The first-order chi connectivity index (χ1) is 12.1. The predicted molar refractivity (Wildman–Crippen MR) is 93.3 cm³/mol. The van der Waals surface area contributed by atoms with Crippen molar-refractivity contribution in [2.24, 2.45) is 7.05 Å². The number of rotatable bonds is 6. The molecule has 1 aliphatic rings. The molecule has 1 saturated heterocycles. The molecule has 1 atom stereocenters. The quantitative estimate of drug-likeness (QED) is 0.858. The van der Waals surface area contributed by atoms with Gasteiger partial charge in [0.05, 0.1) is 24.4 Å². The zero-order chi connectivity index (χ0) is 17.8. The Morgan fingerprint density at radius 2 is 2.16 bits per heavy atom. The van der Waals surface area contributed by atoms with Gasteiger partial charge < -0.3 is 15.0 Å². The van der Waals surface area contributed by atoms with Crippen LogP contribution in [0.1, 0.15) is 36.6 Å². The van der Waals surface area contributed by atoms with Gasteiger partial charge in [0.2, 0.25) is 17.7 Å². The lowest BCUT2D eigenvalue weighted by atomic mass is 10.0. The molecule has 0 spiro atoms. The molecule has 8 heteroatoms. The highest BCUT2D eigenvalue weighted by atomic mass is 16.5. The Hall–Kier alpha value is -2.64. The standard InChI is InChI=1S/C17H24N6O2/c1-12-15(16(25-3)22(2)21-12)13-6-4-11-23(13)14(24)7-10-20-17-18-8-5-9-19-17/h5,8-9,13H,4,6-7,10-11H2,1-3H3,(H,18,19,20)/t13-/m0/s1. The SMILES string of the molecule is COc1c([C@@H]2CCCN2C(=O)CCNc2ncccn2)c(C)nn1C. The minimum atomic E-state index is 0.0316. The molecule has 0 bridgehead atoms. The van der Waals surface area contributed by atoms with E-state index in [1.54, 1.807) is 30.3 Å². The number of carbonyl (C=O) groups is 1. The van der Waals surface area contributed by atoms with E-state index in [0.717, 1.165) is 36.5 Å². The number of hydrogen-bond donors (Lipinski definition) is 1. The van der Waals surface area contributed by atoms with Gasteiger partial charge in [-0.25, -0.2) is 14.6 Å². The van der Waals surface area contributed by atoms with Crippen LogP contribution in [0.3, 0.4) is 0 Å². The molecule has 25 heavy (non-hydrogen) atoms. The molecule has 1 amide bonds. The van der Waals surface area contributed by atoms with Crippen LogP contribution in [0.5, 0.6) is 5.88 Å². The average Bonchev–Trinajstić information content (AvgIpc) is 3.19. The van der Waals surface area contributed by atoms with E-state index >= 15 is 0 Å². The van der Waals surface area contributed by atoms with Crippen LogP contribution < -0.4 is 10.1 Å². The zero-order valence-electron chi connectivity index (χ0n) is 14.9. The number of aromatic nitrogens is 4. The van der Waals surface area contributed by atoms with E-state index in [9.17, 15) is 4.79 Å². The molecule has 3 rings (SSSR count). The first-order valence-electron chi connectivity index (χ1n) is 8.49. The molecule has 1 fully saturated rings. The molecule has 0 aromatic carbocycles. The van der Waals surface area contributed by atoms with Crippen molar-refractivity contribution in [2.45, 2.75) is 32.2 Å². The lowest BCUT2D eigenvalue weighted by Gasteiger charge is -2.25. The Bertz CT molecular complexity index is 730. The molecule has 2 aromatic rings.